The van der Waals surface area contributed by atoms with Crippen molar-refractivity contribution in [2.75, 3.05) is 7.11 Å². The van der Waals surface area contributed by atoms with Gasteiger partial charge in [-0.05, 0) is 0 Å². The van der Waals surface area contributed by atoms with E-state index in [4.69, 9.17) is 39.4 Å². The van der Waals surface area contributed by atoms with Gasteiger partial charge in [-0.2, -0.15) is 0 Å². The van der Waals surface area contributed by atoms with Crippen molar-refractivity contribution >= 4 is 25.1 Å². The van der Waals surface area contributed by atoms with Gasteiger partial charge in [-0.15, -0.1) is 0 Å². The Morgan fingerprint density at radius 3 is 1.43 bits per heavy atom. The summed E-state index contributed by atoms with van der Waals surface area (Å²) in [7, 11) is 0.804. The van der Waals surface area contributed by atoms with Gasteiger partial charge in [-0.25, -0.2) is 0 Å². The molecule has 0 fully saturated rings. The molecule has 0 amide bonds. The molecule has 1 aromatic rings. The molecule has 0 aliphatic carbocycles. The van der Waals surface area contributed by atoms with Crippen LogP contribution in [0.4, 0.5) is 0 Å². The van der Waals surface area contributed by atoms with E-state index >= 15 is 0 Å². The molecule has 120 valence electrons. The first kappa shape index (κ1) is 37.9. The molecule has 0 aliphatic heterocycles. The Bertz CT molecular complexity index is 421. The summed E-state index contributed by atoms with van der Waals surface area (Å²) >= 11 is 5.79. The van der Waals surface area contributed by atoms with Gasteiger partial charge in [0.25, 0.3) is 0 Å². The third kappa shape index (κ3) is 26.3. The van der Waals surface area contributed by atoms with Crippen LogP contribution < -0.4 is 5.30 Å². The molecule has 0 heterocycles. The first-order chi connectivity index (χ1) is 10.8. The smallest absolute Gasteiger partial charge is 0 e. The molecule has 0 saturated carbocycles. The zero-order chi connectivity index (χ0) is 19.0. The van der Waals surface area contributed by atoms with Gasteiger partial charge >= 0.3 is 56.5 Å². The summed E-state index contributed by atoms with van der Waals surface area (Å²) in [5, 5.41) is 1.09. The molecular formula is C14H10ClO6PW. The van der Waals surface area contributed by atoms with Gasteiger partial charge < -0.3 is 4.52 Å². The van der Waals surface area contributed by atoms with Crippen LogP contribution in [0.2, 0.25) is 0 Å². The molecule has 1 atom stereocenters. The summed E-state index contributed by atoms with van der Waals surface area (Å²) in [5.74, 6) is 0. The fourth-order valence-electron chi connectivity index (χ4n) is 0.908. The Morgan fingerprint density at radius 1 is 0.913 bits per heavy atom. The van der Waals surface area contributed by atoms with Crippen LogP contribution in [0.3, 0.4) is 0 Å². The van der Waals surface area contributed by atoms with E-state index in [2.05, 4.69) is 39.8 Å². The first-order valence-electron chi connectivity index (χ1n) is 4.51. The molecule has 9 heteroatoms. The predicted octanol–water partition coefficient (Wildman–Crippen LogP) is 2.88. The second kappa shape index (κ2) is 42.9. The largest absolute Gasteiger partial charge is 0 e. The van der Waals surface area contributed by atoms with E-state index in [1.165, 1.54) is 0 Å². The Kier molecular flexibility index (Phi) is 70.7. The van der Waals surface area contributed by atoms with E-state index < -0.39 is 8.15 Å². The summed E-state index contributed by atoms with van der Waals surface area (Å²) in [6, 6.07) is 9.86. The zero-order valence-electron chi connectivity index (χ0n) is 11.8. The standard InChI is InChI=1S/C9H10ClOP.5CO.W/c1-8(10)12(11-2)9-6-4-3-5-7-9;5*1-2;/h3-7H,1H2,2H3;;;;;;. The van der Waals surface area contributed by atoms with Gasteiger partial charge in [0.1, 0.15) is 8.15 Å². The summed E-state index contributed by atoms with van der Waals surface area (Å²) < 4.78 is 43.3. The van der Waals surface area contributed by atoms with Gasteiger partial charge in [-0.3, -0.25) is 0 Å². The van der Waals surface area contributed by atoms with Crippen molar-refractivity contribution in [1.82, 2.24) is 0 Å². The van der Waals surface area contributed by atoms with Crippen molar-refractivity contribution in [2.24, 2.45) is 0 Å². The summed E-state index contributed by atoms with van der Waals surface area (Å²) in [6.45, 7) is 26.2. The van der Waals surface area contributed by atoms with Crippen LogP contribution in [-0.2, 0) is 48.8 Å². The third-order valence-corrected chi connectivity index (χ3v) is 3.43. The average molecular weight is 524 g/mol. The van der Waals surface area contributed by atoms with Crippen LogP contribution in [0.5, 0.6) is 0 Å². The second-order valence-electron chi connectivity index (χ2n) is 2.19. The number of benzene rings is 1. The van der Waals surface area contributed by atoms with Gasteiger partial charge in [0, 0.05) is 33.5 Å². The Hall–Kier alpha value is -0.972. The van der Waals surface area contributed by atoms with Crippen LogP contribution in [0.25, 0.3) is 0 Å². The third-order valence-electron chi connectivity index (χ3n) is 1.39. The molecule has 0 radical (unpaired) electrons. The monoisotopic (exact) mass is 524 g/mol. The van der Waals surface area contributed by atoms with Crippen molar-refractivity contribution in [3.63, 3.8) is 0 Å². The maximum absolute atomic E-state index is 7.50. The van der Waals surface area contributed by atoms with Gasteiger partial charge in [-0.1, -0.05) is 48.5 Å². The van der Waals surface area contributed by atoms with Crippen molar-refractivity contribution in [3.05, 3.63) is 74.9 Å². The van der Waals surface area contributed by atoms with Gasteiger partial charge in [0.2, 0.25) is 0 Å². The van der Waals surface area contributed by atoms with E-state index in [1.54, 1.807) is 7.11 Å². The van der Waals surface area contributed by atoms with Crippen LogP contribution >= 0.6 is 19.7 Å². The Balaban J connectivity index is -0.0000000565. The van der Waals surface area contributed by atoms with Crippen molar-refractivity contribution in [2.45, 2.75) is 0 Å². The van der Waals surface area contributed by atoms with Crippen molar-refractivity contribution in [3.8, 4) is 0 Å². The van der Waals surface area contributed by atoms with E-state index in [0.717, 1.165) is 5.30 Å². The normalized spacial score (nSPS) is 6.96. The maximum Gasteiger partial charge on any atom is 0 e. The molecule has 6 nitrogen and oxygen atoms in total. The fraction of sp³-hybridized carbons (Fsp3) is 0.0714. The van der Waals surface area contributed by atoms with Gasteiger partial charge in [0.05, 0.1) is 4.77 Å². The van der Waals surface area contributed by atoms with E-state index in [0.29, 0.717) is 4.77 Å². The van der Waals surface area contributed by atoms with Crippen LogP contribution in [0.1, 0.15) is 0 Å². The number of hydrogen-bond donors (Lipinski definition) is 0. The number of hydrogen-bond acceptors (Lipinski definition) is 1. The fourth-order valence-corrected chi connectivity index (χ4v) is 2.54. The number of halogens is 1. The van der Waals surface area contributed by atoms with Crippen LogP contribution in [0, 0.1) is 33.3 Å². The van der Waals surface area contributed by atoms with E-state index in [9.17, 15) is 0 Å². The minimum absolute atomic E-state index is 0. The second-order valence-corrected chi connectivity index (χ2v) is 4.92. The number of rotatable bonds is 3. The minimum atomic E-state index is -0.842. The topological polar surface area (TPSA) is 109 Å². The Morgan fingerprint density at radius 2 is 1.22 bits per heavy atom. The van der Waals surface area contributed by atoms with Crippen LogP contribution in [-0.4, -0.2) is 7.11 Å². The molecular weight excluding hydrogens is 514 g/mol. The SMILES string of the molecule is C=C(Cl)P(OC)c1ccccc1.[C-]#[O+].[C-]#[O+].[C-]#[O+].[C-]#[O+].[C-]#[O+].[W]. The van der Waals surface area contributed by atoms with Crippen molar-refractivity contribution in [1.29, 1.82) is 0 Å². The molecule has 23 heavy (non-hydrogen) atoms. The summed E-state index contributed by atoms with van der Waals surface area (Å²) in [5.41, 5.74) is 0. The maximum atomic E-state index is 7.50. The zero-order valence-corrected chi connectivity index (χ0v) is 16.4. The molecule has 0 N–H and O–H groups in total. The van der Waals surface area contributed by atoms with E-state index in [1.807, 2.05) is 30.3 Å². The molecule has 1 unspecified atom stereocenters. The summed E-state index contributed by atoms with van der Waals surface area (Å²) in [4.78, 5) is 0. The first-order valence-corrected chi connectivity index (χ1v) is 6.15. The predicted molar refractivity (Wildman–Crippen MR) is 74.6 cm³/mol. The average Bonchev–Trinajstić information content (AvgIpc) is 2.65. The molecule has 0 aliphatic rings. The van der Waals surface area contributed by atoms with E-state index in [-0.39, 0.29) is 21.1 Å². The Labute approximate surface area is 155 Å². The molecule has 0 bridgehead atoms. The van der Waals surface area contributed by atoms with Crippen LogP contribution in [0.15, 0.2) is 41.7 Å². The molecule has 0 saturated heterocycles. The minimum Gasteiger partial charge on any atom is 0 e. The molecule has 0 aromatic heterocycles. The summed E-state index contributed by atoms with van der Waals surface area (Å²) in [6.07, 6.45) is 0. The quantitative estimate of drug-likeness (QED) is 0.338. The molecule has 0 spiro atoms. The van der Waals surface area contributed by atoms with Gasteiger partial charge in [0.15, 0.2) is 0 Å². The molecule has 1 rings (SSSR count). The van der Waals surface area contributed by atoms with Crippen molar-refractivity contribution < 1.29 is 48.8 Å². The molecule has 1 aromatic carbocycles.